The molecule has 2 nitrogen and oxygen atoms in total. The van der Waals surface area contributed by atoms with Crippen molar-refractivity contribution in [3.63, 3.8) is 0 Å². The number of ether oxygens (including phenoxy) is 1. The minimum atomic E-state index is -0.261. The summed E-state index contributed by atoms with van der Waals surface area (Å²) in [5.41, 5.74) is 0.942. The Hall–Kier alpha value is -1.38. The Morgan fingerprint density at radius 2 is 1.93 bits per heavy atom. The summed E-state index contributed by atoms with van der Waals surface area (Å²) in [6.45, 7) is 3.63. The van der Waals surface area contributed by atoms with Crippen LogP contribution in [-0.2, 0) is 16.0 Å². The van der Waals surface area contributed by atoms with E-state index in [0.717, 1.165) is 5.56 Å². The standard InChI is InChI=1S/C12H15FO2/c1-9(2)15-12(14)8-5-10-3-6-11(13)7-4-10/h3-4,6-7,9H,5,8H2,1-2H3. The largest absolute Gasteiger partial charge is 0.463 e. The SMILES string of the molecule is CC(C)OC(=O)CCc1ccc(F)cc1. The second kappa shape index (κ2) is 5.49. The van der Waals surface area contributed by atoms with Crippen LogP contribution >= 0.6 is 0 Å². The van der Waals surface area contributed by atoms with Gasteiger partial charge in [0.15, 0.2) is 0 Å². The first-order chi connectivity index (χ1) is 7.08. The highest BCUT2D eigenvalue weighted by molar-refractivity contribution is 5.69. The van der Waals surface area contributed by atoms with E-state index in [9.17, 15) is 9.18 Å². The molecule has 1 aromatic rings. The normalized spacial score (nSPS) is 10.4. The van der Waals surface area contributed by atoms with Crippen molar-refractivity contribution in [3.05, 3.63) is 35.6 Å². The Balaban J connectivity index is 2.37. The van der Waals surface area contributed by atoms with E-state index < -0.39 is 0 Å². The maximum absolute atomic E-state index is 12.6. The predicted molar refractivity (Wildman–Crippen MR) is 55.9 cm³/mol. The summed E-state index contributed by atoms with van der Waals surface area (Å²) in [4.78, 5) is 11.2. The summed E-state index contributed by atoms with van der Waals surface area (Å²) in [5.74, 6) is -0.474. The Morgan fingerprint density at radius 3 is 2.47 bits per heavy atom. The van der Waals surface area contributed by atoms with Gasteiger partial charge < -0.3 is 4.74 Å². The van der Waals surface area contributed by atoms with Crippen molar-refractivity contribution in [1.82, 2.24) is 0 Å². The summed E-state index contributed by atoms with van der Waals surface area (Å²) < 4.78 is 17.5. The molecule has 0 amide bonds. The lowest BCUT2D eigenvalue weighted by atomic mass is 10.1. The highest BCUT2D eigenvalue weighted by Gasteiger charge is 2.05. The second-order valence-electron chi connectivity index (χ2n) is 3.67. The number of esters is 1. The molecular formula is C12H15FO2. The fourth-order valence-corrected chi connectivity index (χ4v) is 1.22. The molecule has 0 aliphatic carbocycles. The number of aryl methyl sites for hydroxylation is 1. The number of carbonyl (C=O) groups is 1. The minimum Gasteiger partial charge on any atom is -0.463 e. The first-order valence-electron chi connectivity index (χ1n) is 5.02. The number of carbonyl (C=O) groups excluding carboxylic acids is 1. The molecule has 0 saturated carbocycles. The van der Waals surface area contributed by atoms with E-state index in [2.05, 4.69) is 0 Å². The lowest BCUT2D eigenvalue weighted by Gasteiger charge is -2.07. The summed E-state index contributed by atoms with van der Waals surface area (Å²) in [7, 11) is 0. The molecular weight excluding hydrogens is 195 g/mol. The zero-order valence-electron chi connectivity index (χ0n) is 9.00. The molecule has 0 aromatic heterocycles. The molecule has 3 heteroatoms. The van der Waals surface area contributed by atoms with E-state index in [1.807, 2.05) is 13.8 Å². The zero-order chi connectivity index (χ0) is 11.3. The van der Waals surface area contributed by atoms with Gasteiger partial charge in [0.05, 0.1) is 6.10 Å². The van der Waals surface area contributed by atoms with E-state index in [1.165, 1.54) is 12.1 Å². The number of hydrogen-bond acceptors (Lipinski definition) is 2. The van der Waals surface area contributed by atoms with E-state index >= 15 is 0 Å². The topological polar surface area (TPSA) is 26.3 Å². The Bertz CT molecular complexity index is 317. The summed E-state index contributed by atoms with van der Waals surface area (Å²) in [6.07, 6.45) is 0.848. The number of benzene rings is 1. The van der Waals surface area contributed by atoms with E-state index in [4.69, 9.17) is 4.74 Å². The van der Waals surface area contributed by atoms with Crippen LogP contribution in [0.2, 0.25) is 0 Å². The quantitative estimate of drug-likeness (QED) is 0.714. The monoisotopic (exact) mass is 210 g/mol. The molecule has 1 aromatic carbocycles. The van der Waals surface area contributed by atoms with Gasteiger partial charge in [-0.1, -0.05) is 12.1 Å². The van der Waals surface area contributed by atoms with Gasteiger partial charge in [-0.15, -0.1) is 0 Å². The zero-order valence-corrected chi connectivity index (χ0v) is 9.00. The summed E-state index contributed by atoms with van der Waals surface area (Å²) >= 11 is 0. The fraction of sp³-hybridized carbons (Fsp3) is 0.417. The van der Waals surface area contributed by atoms with Crippen LogP contribution in [0.4, 0.5) is 4.39 Å². The molecule has 0 spiro atoms. The van der Waals surface area contributed by atoms with Crippen LogP contribution in [0.1, 0.15) is 25.8 Å². The van der Waals surface area contributed by atoms with Gasteiger partial charge in [-0.2, -0.15) is 0 Å². The highest BCUT2D eigenvalue weighted by Crippen LogP contribution is 2.06. The molecule has 0 aliphatic rings. The van der Waals surface area contributed by atoms with Gasteiger partial charge in [0.2, 0.25) is 0 Å². The van der Waals surface area contributed by atoms with Crippen molar-refractivity contribution in [1.29, 1.82) is 0 Å². The molecule has 0 bridgehead atoms. The Labute approximate surface area is 89.1 Å². The predicted octanol–water partition coefficient (Wildman–Crippen LogP) is 2.71. The van der Waals surface area contributed by atoms with E-state index in [1.54, 1.807) is 12.1 Å². The third-order valence-corrected chi connectivity index (χ3v) is 1.90. The average Bonchev–Trinajstić information content (AvgIpc) is 2.16. The van der Waals surface area contributed by atoms with Gasteiger partial charge in [0.25, 0.3) is 0 Å². The molecule has 82 valence electrons. The molecule has 0 atom stereocenters. The third kappa shape index (κ3) is 4.58. The molecule has 0 aliphatic heterocycles. The van der Waals surface area contributed by atoms with Gasteiger partial charge in [-0.25, -0.2) is 4.39 Å². The average molecular weight is 210 g/mol. The second-order valence-corrected chi connectivity index (χ2v) is 3.67. The van der Waals surface area contributed by atoms with Crippen LogP contribution < -0.4 is 0 Å². The van der Waals surface area contributed by atoms with E-state index in [-0.39, 0.29) is 17.9 Å². The van der Waals surface area contributed by atoms with Gasteiger partial charge in [0.1, 0.15) is 5.82 Å². The van der Waals surface area contributed by atoms with Gasteiger partial charge in [0, 0.05) is 6.42 Å². The van der Waals surface area contributed by atoms with Crippen LogP contribution in [0.5, 0.6) is 0 Å². The number of rotatable bonds is 4. The molecule has 0 N–H and O–H groups in total. The lowest BCUT2D eigenvalue weighted by molar-refractivity contribution is -0.147. The van der Waals surface area contributed by atoms with Gasteiger partial charge in [-0.05, 0) is 38.0 Å². The maximum Gasteiger partial charge on any atom is 0.306 e. The smallest absolute Gasteiger partial charge is 0.306 e. The summed E-state index contributed by atoms with van der Waals surface area (Å²) in [6, 6.07) is 6.14. The Kier molecular flexibility index (Phi) is 4.28. The van der Waals surface area contributed by atoms with Crippen molar-refractivity contribution < 1.29 is 13.9 Å². The van der Waals surface area contributed by atoms with Crippen molar-refractivity contribution in [3.8, 4) is 0 Å². The third-order valence-electron chi connectivity index (χ3n) is 1.90. The minimum absolute atomic E-state index is 0.0780. The van der Waals surface area contributed by atoms with Crippen molar-refractivity contribution in [2.24, 2.45) is 0 Å². The number of hydrogen-bond donors (Lipinski definition) is 0. The summed E-state index contributed by atoms with van der Waals surface area (Å²) in [5, 5.41) is 0. The first kappa shape index (κ1) is 11.7. The van der Waals surface area contributed by atoms with Crippen LogP contribution in [-0.4, -0.2) is 12.1 Å². The first-order valence-corrected chi connectivity index (χ1v) is 5.02. The van der Waals surface area contributed by atoms with Crippen molar-refractivity contribution >= 4 is 5.97 Å². The highest BCUT2D eigenvalue weighted by atomic mass is 19.1. The molecule has 0 unspecified atom stereocenters. The molecule has 15 heavy (non-hydrogen) atoms. The van der Waals surface area contributed by atoms with E-state index in [0.29, 0.717) is 12.8 Å². The molecule has 1 rings (SSSR count). The Morgan fingerprint density at radius 1 is 1.33 bits per heavy atom. The van der Waals surface area contributed by atoms with Crippen LogP contribution in [0, 0.1) is 5.82 Å². The lowest BCUT2D eigenvalue weighted by Crippen LogP contribution is -2.11. The van der Waals surface area contributed by atoms with Crippen LogP contribution in [0.3, 0.4) is 0 Å². The van der Waals surface area contributed by atoms with Gasteiger partial charge in [-0.3, -0.25) is 4.79 Å². The van der Waals surface area contributed by atoms with Crippen molar-refractivity contribution in [2.45, 2.75) is 32.8 Å². The van der Waals surface area contributed by atoms with Crippen LogP contribution in [0.25, 0.3) is 0 Å². The molecule has 0 radical (unpaired) electrons. The van der Waals surface area contributed by atoms with Crippen LogP contribution in [0.15, 0.2) is 24.3 Å². The number of halogens is 1. The fourth-order valence-electron chi connectivity index (χ4n) is 1.22. The molecule has 0 heterocycles. The maximum atomic E-state index is 12.6. The van der Waals surface area contributed by atoms with Crippen molar-refractivity contribution in [2.75, 3.05) is 0 Å². The molecule has 0 fully saturated rings. The molecule has 0 saturated heterocycles. The van der Waals surface area contributed by atoms with Gasteiger partial charge >= 0.3 is 5.97 Å².